The summed E-state index contributed by atoms with van der Waals surface area (Å²) in [6, 6.07) is 0. The predicted molar refractivity (Wildman–Crippen MR) is 108 cm³/mol. The molecule has 0 aliphatic heterocycles. The molecule has 0 fully saturated rings. The molecule has 0 heterocycles. The first-order valence-corrected chi connectivity index (χ1v) is 10.1. The highest BCUT2D eigenvalue weighted by molar-refractivity contribution is 7.80. The summed E-state index contributed by atoms with van der Waals surface area (Å²) in [5, 5.41) is 12.8. The van der Waals surface area contributed by atoms with Crippen LogP contribution in [0.4, 0.5) is 0 Å². The van der Waals surface area contributed by atoms with Crippen molar-refractivity contribution in [1.82, 2.24) is 5.32 Å². The first-order chi connectivity index (χ1) is 11.6. The van der Waals surface area contributed by atoms with Crippen LogP contribution in [0.2, 0.25) is 0 Å². The summed E-state index contributed by atoms with van der Waals surface area (Å²) in [7, 11) is 0. The molecule has 3 N–H and O–H groups in total. The molecule has 0 saturated heterocycles. The minimum absolute atomic E-state index is 0.121. The van der Waals surface area contributed by atoms with Crippen LogP contribution in [0.1, 0.15) is 79.6 Å². The van der Waals surface area contributed by atoms with Crippen LogP contribution < -0.4 is 10.3 Å². The summed E-state index contributed by atoms with van der Waals surface area (Å²) in [4.78, 5) is 14.8. The van der Waals surface area contributed by atoms with Crippen molar-refractivity contribution in [2.75, 3.05) is 18.9 Å². The number of ether oxygens (including phenoxy) is 1. The maximum Gasteiger partial charge on any atom is 0.332 e. The molecule has 0 rings (SSSR count). The van der Waals surface area contributed by atoms with E-state index in [1.165, 1.54) is 0 Å². The van der Waals surface area contributed by atoms with Crippen molar-refractivity contribution in [2.24, 2.45) is 0 Å². The van der Waals surface area contributed by atoms with E-state index in [0.717, 1.165) is 37.9 Å². The summed E-state index contributed by atoms with van der Waals surface area (Å²) < 4.78 is 6.00. The van der Waals surface area contributed by atoms with Gasteiger partial charge in [0.2, 0.25) is 5.91 Å². The number of thiol groups is 1. The molecule has 0 unspecified atom stereocenters. The number of carbonyl (C=O) groups is 1. The number of aliphatic hydroxyl groups excluding tert-OH is 1. The second-order valence-corrected chi connectivity index (χ2v) is 8.29. The van der Waals surface area contributed by atoms with Gasteiger partial charge in [0.05, 0.1) is 18.6 Å². The summed E-state index contributed by atoms with van der Waals surface area (Å²) in [6.07, 6.45) is 5.61. The molecule has 5 nitrogen and oxygen atoms in total. The van der Waals surface area contributed by atoms with Crippen molar-refractivity contribution >= 4 is 24.4 Å². The Labute approximate surface area is 159 Å². The molecule has 25 heavy (non-hydrogen) atoms. The largest absolute Gasteiger partial charge is 0.464 e. The SMILES string of the molecule is CCCCC(=O)NCCC(C)(C)OCCC(C)(C)[NH+]=C(O)CCCS. The van der Waals surface area contributed by atoms with Crippen LogP contribution in [0.5, 0.6) is 0 Å². The van der Waals surface area contributed by atoms with Crippen LogP contribution in [0, 0.1) is 0 Å². The van der Waals surface area contributed by atoms with Crippen molar-refractivity contribution in [3.63, 3.8) is 0 Å². The van der Waals surface area contributed by atoms with Gasteiger partial charge in [-0.15, -0.1) is 0 Å². The second kappa shape index (κ2) is 12.6. The molecule has 0 bridgehead atoms. The Kier molecular flexibility index (Phi) is 12.2. The Hall–Kier alpha value is -0.750. The lowest BCUT2D eigenvalue weighted by Gasteiger charge is -2.26. The Morgan fingerprint density at radius 3 is 2.44 bits per heavy atom. The molecule has 1 amide bonds. The van der Waals surface area contributed by atoms with E-state index < -0.39 is 0 Å². The fourth-order valence-corrected chi connectivity index (χ4v) is 2.50. The molecule has 0 aromatic heterocycles. The predicted octanol–water partition coefficient (Wildman–Crippen LogP) is 2.39. The zero-order chi connectivity index (χ0) is 19.3. The molecule has 0 atom stereocenters. The molecule has 0 saturated carbocycles. The Morgan fingerprint density at radius 1 is 1.16 bits per heavy atom. The maximum atomic E-state index is 11.6. The van der Waals surface area contributed by atoms with Gasteiger partial charge in [-0.1, -0.05) is 13.3 Å². The number of unbranched alkanes of at least 4 members (excludes halogenated alkanes) is 1. The number of hydrogen-bond donors (Lipinski definition) is 4. The van der Waals surface area contributed by atoms with Gasteiger partial charge in [0, 0.05) is 33.2 Å². The molecule has 148 valence electrons. The second-order valence-electron chi connectivity index (χ2n) is 7.84. The number of amides is 1. The average Bonchev–Trinajstić information content (AvgIpc) is 2.49. The lowest BCUT2D eigenvalue weighted by atomic mass is 10.0. The van der Waals surface area contributed by atoms with Gasteiger partial charge in [-0.05, 0) is 38.9 Å². The van der Waals surface area contributed by atoms with Crippen LogP contribution >= 0.6 is 12.6 Å². The lowest BCUT2D eigenvalue weighted by Crippen LogP contribution is -2.85. The van der Waals surface area contributed by atoms with E-state index in [1.807, 2.05) is 27.7 Å². The van der Waals surface area contributed by atoms with Crippen LogP contribution in [0.15, 0.2) is 0 Å². The maximum absolute atomic E-state index is 11.6. The first kappa shape index (κ1) is 24.2. The van der Waals surface area contributed by atoms with Crippen LogP contribution in [0.3, 0.4) is 0 Å². The highest BCUT2D eigenvalue weighted by atomic mass is 32.1. The normalized spacial score (nSPS) is 13.1. The summed E-state index contributed by atoms with van der Waals surface area (Å²) in [5.74, 6) is 1.20. The first-order valence-electron chi connectivity index (χ1n) is 9.46. The zero-order valence-corrected chi connectivity index (χ0v) is 17.7. The quantitative estimate of drug-likeness (QED) is 0.214. The van der Waals surface area contributed by atoms with Gasteiger partial charge in [-0.25, -0.2) is 4.99 Å². The minimum atomic E-state index is -0.286. The van der Waals surface area contributed by atoms with Gasteiger partial charge in [0.25, 0.3) is 0 Å². The summed E-state index contributed by atoms with van der Waals surface area (Å²) >= 11 is 4.15. The molecule has 0 spiro atoms. The van der Waals surface area contributed by atoms with Gasteiger partial charge < -0.3 is 15.2 Å². The standard InChI is InChI=1S/C19H38N2O3S/c1-6-7-9-16(22)20-13-11-19(4,5)24-14-12-18(2,3)21-17(23)10-8-15-25/h25H,6-15H2,1-5H3,(H,20,22)(H,21,23)/p+1. The van der Waals surface area contributed by atoms with Crippen LogP contribution in [-0.2, 0) is 9.53 Å². The van der Waals surface area contributed by atoms with Gasteiger partial charge in [-0.3, -0.25) is 4.79 Å². The van der Waals surface area contributed by atoms with Crippen molar-refractivity contribution < 1.29 is 19.6 Å². The highest BCUT2D eigenvalue weighted by Gasteiger charge is 2.26. The van der Waals surface area contributed by atoms with E-state index in [2.05, 4.69) is 29.9 Å². The molecule has 0 radical (unpaired) electrons. The molecule has 0 aliphatic carbocycles. The summed E-state index contributed by atoms with van der Waals surface area (Å²) in [5.41, 5.74) is -0.517. The minimum Gasteiger partial charge on any atom is -0.464 e. The molecule has 6 heteroatoms. The number of carbonyl (C=O) groups excluding carboxylic acids is 1. The fraction of sp³-hybridized carbons (Fsp3) is 0.895. The monoisotopic (exact) mass is 375 g/mol. The van der Waals surface area contributed by atoms with Crippen LogP contribution in [-0.4, -0.2) is 47.0 Å². The van der Waals surface area contributed by atoms with Gasteiger partial charge in [-0.2, -0.15) is 12.6 Å². The Bertz CT molecular complexity index is 409. The number of rotatable bonds is 14. The topological polar surface area (TPSA) is 72.5 Å². The van der Waals surface area contributed by atoms with E-state index in [-0.39, 0.29) is 17.0 Å². The highest BCUT2D eigenvalue weighted by Crippen LogP contribution is 2.15. The van der Waals surface area contributed by atoms with E-state index in [9.17, 15) is 9.90 Å². The van der Waals surface area contributed by atoms with Gasteiger partial charge in [0.15, 0.2) is 5.54 Å². The van der Waals surface area contributed by atoms with Gasteiger partial charge in [0.1, 0.15) is 0 Å². The van der Waals surface area contributed by atoms with Crippen molar-refractivity contribution in [3.8, 4) is 0 Å². The third-order valence-corrected chi connectivity index (χ3v) is 4.40. The van der Waals surface area contributed by atoms with Crippen molar-refractivity contribution in [2.45, 2.75) is 90.7 Å². The zero-order valence-electron chi connectivity index (χ0n) is 16.8. The number of nitrogens with one attached hydrogen (secondary N) is 2. The Morgan fingerprint density at radius 2 is 1.84 bits per heavy atom. The summed E-state index contributed by atoms with van der Waals surface area (Å²) in [6.45, 7) is 11.5. The lowest BCUT2D eigenvalue weighted by molar-refractivity contribution is -0.554. The fourth-order valence-electron chi connectivity index (χ4n) is 2.35. The number of aliphatic hydroxyl groups is 1. The third kappa shape index (κ3) is 14.1. The smallest absolute Gasteiger partial charge is 0.332 e. The van der Waals surface area contributed by atoms with Crippen molar-refractivity contribution in [3.05, 3.63) is 0 Å². The van der Waals surface area contributed by atoms with Crippen LogP contribution in [0.25, 0.3) is 0 Å². The number of hydrogen-bond acceptors (Lipinski definition) is 3. The van der Waals surface area contributed by atoms with E-state index >= 15 is 0 Å². The molecule has 0 aromatic carbocycles. The van der Waals surface area contributed by atoms with Gasteiger partial charge >= 0.3 is 5.90 Å². The molecule has 0 aliphatic rings. The van der Waals surface area contributed by atoms with E-state index in [1.54, 1.807) is 0 Å². The third-order valence-electron chi connectivity index (χ3n) is 4.08. The molecular formula is C19H39N2O3S+. The van der Waals surface area contributed by atoms with Crippen molar-refractivity contribution in [1.29, 1.82) is 0 Å². The Balaban J connectivity index is 4.12. The van der Waals surface area contributed by atoms with E-state index in [0.29, 0.717) is 31.9 Å². The van der Waals surface area contributed by atoms with E-state index in [4.69, 9.17) is 4.74 Å². The molecular weight excluding hydrogens is 336 g/mol. The molecule has 0 aromatic rings. The average molecular weight is 376 g/mol.